The Kier molecular flexibility index (Phi) is 9.73. The quantitative estimate of drug-likeness (QED) is 0.370. The first-order chi connectivity index (χ1) is 11.9. The summed E-state index contributed by atoms with van der Waals surface area (Å²) in [4.78, 5) is 22.4. The molecule has 0 aliphatic carbocycles. The molecule has 0 unspecified atom stereocenters. The zero-order valence-corrected chi connectivity index (χ0v) is 16.8. The molecule has 1 N–H and O–H groups in total. The van der Waals surface area contributed by atoms with Crippen molar-refractivity contribution in [2.45, 2.75) is 104 Å². The number of allylic oxidation sites excluding steroid dienone is 1. The molecule has 4 nitrogen and oxygen atoms in total. The molecular weight excluding hydrogens is 316 g/mol. The molecule has 4 atom stereocenters. The Balaban J connectivity index is 2.79. The van der Waals surface area contributed by atoms with E-state index in [1.807, 2.05) is 0 Å². The highest BCUT2D eigenvalue weighted by molar-refractivity contribution is 5.67. The molecule has 1 rings (SSSR count). The minimum atomic E-state index is -0.829. The molecule has 0 aromatic heterocycles. The fourth-order valence-electron chi connectivity index (χ4n) is 3.92. The standard InChI is InChI=1S/C21H38O4/c1-6-10-11-17(7-2)12-16(5)14-21(9-4)15-18(8-3)19(24-25-21)13-20(22)23/h14,17-19H,6-13,15H2,1-5H3,(H,22,23)/b16-14+/t17-,18+,19-,21+/m0/s1. The fraction of sp³-hybridized carbons (Fsp3) is 0.857. The summed E-state index contributed by atoms with van der Waals surface area (Å²) in [5.41, 5.74) is 0.947. The van der Waals surface area contributed by atoms with Crippen LogP contribution in [0, 0.1) is 11.8 Å². The monoisotopic (exact) mass is 354 g/mol. The molecule has 1 aliphatic rings. The van der Waals surface area contributed by atoms with E-state index in [4.69, 9.17) is 14.9 Å². The van der Waals surface area contributed by atoms with Gasteiger partial charge in [-0.15, -0.1) is 0 Å². The predicted octanol–water partition coefficient (Wildman–Crippen LogP) is 5.91. The molecule has 0 saturated carbocycles. The third-order valence-corrected chi connectivity index (χ3v) is 5.63. The van der Waals surface area contributed by atoms with E-state index in [1.165, 1.54) is 31.3 Å². The van der Waals surface area contributed by atoms with Crippen molar-refractivity contribution >= 4 is 5.97 Å². The molecule has 1 heterocycles. The summed E-state index contributed by atoms with van der Waals surface area (Å²) in [6.45, 7) is 10.9. The van der Waals surface area contributed by atoms with Crippen LogP contribution < -0.4 is 0 Å². The molecule has 0 spiro atoms. The highest BCUT2D eigenvalue weighted by Gasteiger charge is 2.41. The zero-order chi connectivity index (χ0) is 18.9. The van der Waals surface area contributed by atoms with Gasteiger partial charge in [0.25, 0.3) is 0 Å². The average molecular weight is 355 g/mol. The maximum Gasteiger partial charge on any atom is 0.306 e. The predicted molar refractivity (Wildman–Crippen MR) is 101 cm³/mol. The number of carboxylic acids is 1. The van der Waals surface area contributed by atoms with Crippen LogP contribution in [-0.4, -0.2) is 22.8 Å². The Morgan fingerprint density at radius 3 is 2.56 bits per heavy atom. The second kappa shape index (κ2) is 11.0. The summed E-state index contributed by atoms with van der Waals surface area (Å²) >= 11 is 0. The second-order valence-corrected chi connectivity index (χ2v) is 7.72. The molecular formula is C21H38O4. The molecule has 1 saturated heterocycles. The second-order valence-electron chi connectivity index (χ2n) is 7.72. The maximum atomic E-state index is 11.0. The Morgan fingerprint density at radius 2 is 2.04 bits per heavy atom. The van der Waals surface area contributed by atoms with Crippen LogP contribution in [0.1, 0.15) is 92.4 Å². The van der Waals surface area contributed by atoms with E-state index in [9.17, 15) is 4.79 Å². The first-order valence-electron chi connectivity index (χ1n) is 10.1. The Labute approximate surface area is 153 Å². The number of hydrogen-bond acceptors (Lipinski definition) is 3. The molecule has 25 heavy (non-hydrogen) atoms. The minimum Gasteiger partial charge on any atom is -0.481 e. The first-order valence-corrected chi connectivity index (χ1v) is 10.1. The number of carboxylic acid groups (broad SMARTS) is 1. The van der Waals surface area contributed by atoms with Crippen molar-refractivity contribution in [3.05, 3.63) is 11.6 Å². The lowest BCUT2D eigenvalue weighted by molar-refractivity contribution is -0.409. The van der Waals surface area contributed by atoms with Gasteiger partial charge in [-0.05, 0) is 38.0 Å². The number of aliphatic carboxylic acids is 1. The SMILES string of the molecule is CCCC[C@H](CC)C/C(C)=C/[C@]1(CC)C[C@@H](CC)[C@H](CC(=O)O)OO1. The minimum absolute atomic E-state index is 0.00985. The highest BCUT2D eigenvalue weighted by Crippen LogP contribution is 2.39. The van der Waals surface area contributed by atoms with Gasteiger partial charge in [0.15, 0.2) is 0 Å². The average Bonchev–Trinajstić information content (AvgIpc) is 2.59. The van der Waals surface area contributed by atoms with E-state index < -0.39 is 11.6 Å². The van der Waals surface area contributed by atoms with Crippen molar-refractivity contribution in [3.8, 4) is 0 Å². The van der Waals surface area contributed by atoms with Crippen molar-refractivity contribution in [2.24, 2.45) is 11.8 Å². The van der Waals surface area contributed by atoms with Crippen molar-refractivity contribution in [2.75, 3.05) is 0 Å². The molecule has 1 aliphatic heterocycles. The third-order valence-electron chi connectivity index (χ3n) is 5.63. The van der Waals surface area contributed by atoms with E-state index in [1.54, 1.807) is 0 Å². The molecule has 146 valence electrons. The lowest BCUT2D eigenvalue weighted by atomic mass is 9.80. The van der Waals surface area contributed by atoms with Crippen molar-refractivity contribution < 1.29 is 19.7 Å². The van der Waals surface area contributed by atoms with Gasteiger partial charge in [-0.3, -0.25) is 4.79 Å². The van der Waals surface area contributed by atoms with Crippen molar-refractivity contribution in [1.29, 1.82) is 0 Å². The van der Waals surface area contributed by atoms with Crippen LogP contribution >= 0.6 is 0 Å². The Morgan fingerprint density at radius 1 is 1.32 bits per heavy atom. The van der Waals surface area contributed by atoms with Crippen LogP contribution in [-0.2, 0) is 14.6 Å². The van der Waals surface area contributed by atoms with Gasteiger partial charge in [-0.25, -0.2) is 9.78 Å². The fourth-order valence-corrected chi connectivity index (χ4v) is 3.92. The van der Waals surface area contributed by atoms with Crippen LogP contribution in [0.4, 0.5) is 0 Å². The molecule has 0 bridgehead atoms. The molecule has 0 radical (unpaired) electrons. The van der Waals surface area contributed by atoms with Gasteiger partial charge in [0.05, 0.1) is 6.42 Å². The Hall–Kier alpha value is -0.870. The summed E-state index contributed by atoms with van der Waals surface area (Å²) in [6, 6.07) is 0. The van der Waals surface area contributed by atoms with Gasteiger partial charge in [0, 0.05) is 0 Å². The summed E-state index contributed by atoms with van der Waals surface area (Å²) in [6.07, 6.45) is 10.6. The number of hydrogen-bond donors (Lipinski definition) is 1. The number of rotatable bonds is 11. The van der Waals surface area contributed by atoms with E-state index in [0.717, 1.165) is 31.6 Å². The normalized spacial score (nSPS) is 28.8. The largest absolute Gasteiger partial charge is 0.481 e. The molecule has 1 fully saturated rings. The lowest BCUT2D eigenvalue weighted by Crippen LogP contribution is -2.44. The number of carbonyl (C=O) groups is 1. The first kappa shape index (κ1) is 22.2. The molecule has 0 aromatic rings. The zero-order valence-electron chi connectivity index (χ0n) is 16.8. The maximum absolute atomic E-state index is 11.0. The van der Waals surface area contributed by atoms with Gasteiger partial charge in [-0.1, -0.05) is 71.4 Å². The molecule has 0 aromatic carbocycles. The summed E-state index contributed by atoms with van der Waals surface area (Å²) in [5, 5.41) is 9.06. The smallest absolute Gasteiger partial charge is 0.306 e. The van der Waals surface area contributed by atoms with Crippen LogP contribution in [0.5, 0.6) is 0 Å². The van der Waals surface area contributed by atoms with Gasteiger partial charge >= 0.3 is 5.97 Å². The van der Waals surface area contributed by atoms with Gasteiger partial charge in [0.2, 0.25) is 0 Å². The van der Waals surface area contributed by atoms with E-state index in [2.05, 4.69) is 40.7 Å². The topological polar surface area (TPSA) is 55.8 Å². The summed E-state index contributed by atoms with van der Waals surface area (Å²) in [5.74, 6) is 0.122. The van der Waals surface area contributed by atoms with Crippen LogP contribution in [0.2, 0.25) is 0 Å². The van der Waals surface area contributed by atoms with Crippen LogP contribution in [0.3, 0.4) is 0 Å². The van der Waals surface area contributed by atoms with Gasteiger partial charge in [-0.2, -0.15) is 0 Å². The highest BCUT2D eigenvalue weighted by atomic mass is 17.2. The van der Waals surface area contributed by atoms with Crippen molar-refractivity contribution in [1.82, 2.24) is 0 Å². The van der Waals surface area contributed by atoms with Crippen LogP contribution in [0.15, 0.2) is 11.6 Å². The van der Waals surface area contributed by atoms with Crippen LogP contribution in [0.25, 0.3) is 0 Å². The number of unbranched alkanes of at least 4 members (excludes halogenated alkanes) is 1. The van der Waals surface area contributed by atoms with Gasteiger partial charge < -0.3 is 5.11 Å². The van der Waals surface area contributed by atoms with Gasteiger partial charge in [0.1, 0.15) is 11.7 Å². The molecule has 0 amide bonds. The lowest BCUT2D eigenvalue weighted by Gasteiger charge is -2.41. The Bertz CT molecular complexity index is 432. The van der Waals surface area contributed by atoms with E-state index in [0.29, 0.717) is 0 Å². The van der Waals surface area contributed by atoms with Crippen molar-refractivity contribution in [3.63, 3.8) is 0 Å². The summed E-state index contributed by atoms with van der Waals surface area (Å²) in [7, 11) is 0. The van der Waals surface area contributed by atoms with E-state index >= 15 is 0 Å². The molecule has 4 heteroatoms. The third kappa shape index (κ3) is 7.10. The van der Waals surface area contributed by atoms with E-state index in [-0.39, 0.29) is 18.4 Å². The summed E-state index contributed by atoms with van der Waals surface area (Å²) < 4.78 is 0.